The minimum atomic E-state index is -0.118. The molecule has 140 valence electrons. The molecule has 2 aromatic heterocycles. The molecule has 3 heterocycles. The van der Waals surface area contributed by atoms with Gasteiger partial charge in [-0.3, -0.25) is 4.79 Å². The van der Waals surface area contributed by atoms with E-state index < -0.39 is 0 Å². The molecular formula is C22H25N3OS. The molecule has 0 bridgehead atoms. The van der Waals surface area contributed by atoms with Crippen LogP contribution in [0.5, 0.6) is 0 Å². The average Bonchev–Trinajstić information content (AvgIpc) is 2.97. The minimum Gasteiger partial charge on any atom is -0.307 e. The van der Waals surface area contributed by atoms with E-state index in [2.05, 4.69) is 32.9 Å². The van der Waals surface area contributed by atoms with E-state index in [0.29, 0.717) is 0 Å². The molecule has 4 nitrogen and oxygen atoms in total. The Morgan fingerprint density at radius 3 is 2.63 bits per heavy atom. The van der Waals surface area contributed by atoms with Crippen molar-refractivity contribution in [3.8, 4) is 0 Å². The molecule has 5 heteroatoms. The molecule has 0 unspecified atom stereocenters. The lowest BCUT2D eigenvalue weighted by Gasteiger charge is -2.29. The normalized spacial score (nSPS) is 14.5. The van der Waals surface area contributed by atoms with Gasteiger partial charge < -0.3 is 4.90 Å². The summed E-state index contributed by atoms with van der Waals surface area (Å²) >= 11 is 1.50. The Morgan fingerprint density at radius 1 is 1.15 bits per heavy atom. The molecule has 0 aliphatic carbocycles. The molecule has 0 N–H and O–H groups in total. The molecule has 1 aliphatic heterocycles. The molecule has 27 heavy (non-hydrogen) atoms. The maximum atomic E-state index is 13.4. The lowest BCUT2D eigenvalue weighted by atomic mass is 9.95. The summed E-state index contributed by atoms with van der Waals surface area (Å²) in [5.41, 5.74) is 4.13. The first-order valence-electron chi connectivity index (χ1n) is 9.45. The number of aromatic nitrogens is 2. The number of rotatable bonds is 1. The fourth-order valence-corrected chi connectivity index (χ4v) is 4.93. The van der Waals surface area contributed by atoms with Crippen molar-refractivity contribution in [2.45, 2.75) is 52.9 Å². The number of aryl methyl sites for hydroxylation is 3. The summed E-state index contributed by atoms with van der Waals surface area (Å²) in [6.45, 7) is 11.2. The third kappa shape index (κ3) is 3.04. The van der Waals surface area contributed by atoms with Crippen LogP contribution in [0.3, 0.4) is 0 Å². The molecule has 0 fully saturated rings. The summed E-state index contributed by atoms with van der Waals surface area (Å²) in [6.07, 6.45) is 2.03. The predicted molar refractivity (Wildman–Crippen MR) is 112 cm³/mol. The number of thiophene rings is 1. The largest absolute Gasteiger partial charge is 0.307 e. The van der Waals surface area contributed by atoms with E-state index in [1.54, 1.807) is 0 Å². The van der Waals surface area contributed by atoms with Gasteiger partial charge in [0.25, 0.3) is 5.91 Å². The molecule has 4 rings (SSSR count). The Bertz CT molecular complexity index is 1050. The first-order valence-corrected chi connectivity index (χ1v) is 10.3. The van der Waals surface area contributed by atoms with Crippen LogP contribution in [0.1, 0.15) is 59.5 Å². The summed E-state index contributed by atoms with van der Waals surface area (Å²) < 4.78 is 0. The summed E-state index contributed by atoms with van der Waals surface area (Å²) in [6, 6.07) is 8.23. The van der Waals surface area contributed by atoms with E-state index in [0.717, 1.165) is 57.2 Å². The highest BCUT2D eigenvalue weighted by Crippen LogP contribution is 2.36. The minimum absolute atomic E-state index is 0.0827. The maximum Gasteiger partial charge on any atom is 0.268 e. The predicted octanol–water partition coefficient (Wildman–Crippen LogP) is 5.20. The van der Waals surface area contributed by atoms with Gasteiger partial charge in [0.1, 0.15) is 10.7 Å². The highest BCUT2D eigenvalue weighted by atomic mass is 32.1. The van der Waals surface area contributed by atoms with E-state index in [4.69, 9.17) is 9.97 Å². The van der Waals surface area contributed by atoms with Crippen LogP contribution in [0, 0.1) is 13.8 Å². The van der Waals surface area contributed by atoms with Crippen molar-refractivity contribution in [3.63, 3.8) is 0 Å². The number of fused-ring (bicyclic) bond motifs is 2. The van der Waals surface area contributed by atoms with Gasteiger partial charge in [0.15, 0.2) is 0 Å². The van der Waals surface area contributed by atoms with Crippen LogP contribution in [0.4, 0.5) is 5.69 Å². The SMILES string of the molecule is Cc1nc(C(C)(C)C)nc2sc(C(=O)N3CCCc4ccccc43)c(C)c12. The zero-order chi connectivity index (χ0) is 19.3. The molecule has 0 saturated heterocycles. The van der Waals surface area contributed by atoms with Crippen molar-refractivity contribution >= 4 is 33.1 Å². The Morgan fingerprint density at radius 2 is 1.89 bits per heavy atom. The lowest BCUT2D eigenvalue weighted by Crippen LogP contribution is -2.35. The third-order valence-electron chi connectivity index (χ3n) is 5.19. The Hall–Kier alpha value is -2.27. The smallest absolute Gasteiger partial charge is 0.268 e. The van der Waals surface area contributed by atoms with Crippen LogP contribution in [0.25, 0.3) is 10.2 Å². The summed E-state index contributed by atoms with van der Waals surface area (Å²) in [4.78, 5) is 26.6. The monoisotopic (exact) mass is 379 g/mol. The number of carbonyl (C=O) groups is 1. The second kappa shape index (κ2) is 6.41. The number of hydrogen-bond acceptors (Lipinski definition) is 4. The molecule has 1 aromatic carbocycles. The van der Waals surface area contributed by atoms with Gasteiger partial charge in [0.2, 0.25) is 0 Å². The Balaban J connectivity index is 1.82. The van der Waals surface area contributed by atoms with Crippen LogP contribution >= 0.6 is 11.3 Å². The fraction of sp³-hybridized carbons (Fsp3) is 0.409. The van der Waals surface area contributed by atoms with Gasteiger partial charge in [-0.2, -0.15) is 0 Å². The highest BCUT2D eigenvalue weighted by molar-refractivity contribution is 7.20. The Labute approximate surface area is 164 Å². The molecule has 0 radical (unpaired) electrons. The molecule has 0 spiro atoms. The molecule has 0 atom stereocenters. The third-order valence-corrected chi connectivity index (χ3v) is 6.37. The van der Waals surface area contributed by atoms with Crippen molar-refractivity contribution in [2.24, 2.45) is 0 Å². The van der Waals surface area contributed by atoms with Gasteiger partial charge in [-0.05, 0) is 43.9 Å². The fourth-order valence-electron chi connectivity index (χ4n) is 3.75. The van der Waals surface area contributed by atoms with Gasteiger partial charge in [-0.25, -0.2) is 9.97 Å². The van der Waals surface area contributed by atoms with Crippen molar-refractivity contribution in [2.75, 3.05) is 11.4 Å². The van der Waals surface area contributed by atoms with Crippen LogP contribution in [0.15, 0.2) is 24.3 Å². The van der Waals surface area contributed by atoms with Gasteiger partial charge in [-0.1, -0.05) is 39.0 Å². The number of benzene rings is 1. The highest BCUT2D eigenvalue weighted by Gasteiger charge is 2.28. The van der Waals surface area contributed by atoms with Gasteiger partial charge in [-0.15, -0.1) is 11.3 Å². The average molecular weight is 380 g/mol. The first-order chi connectivity index (χ1) is 12.8. The van der Waals surface area contributed by atoms with Crippen molar-refractivity contribution < 1.29 is 4.79 Å². The van der Waals surface area contributed by atoms with Gasteiger partial charge in [0, 0.05) is 23.0 Å². The van der Waals surface area contributed by atoms with E-state index in [1.165, 1.54) is 16.9 Å². The second-order valence-corrected chi connectivity index (χ2v) is 9.31. The number of hydrogen-bond donors (Lipinski definition) is 0. The zero-order valence-electron chi connectivity index (χ0n) is 16.6. The van der Waals surface area contributed by atoms with Crippen LogP contribution in [0.2, 0.25) is 0 Å². The molecule has 1 amide bonds. The van der Waals surface area contributed by atoms with Gasteiger partial charge in [0.05, 0.1) is 10.6 Å². The maximum absolute atomic E-state index is 13.4. The van der Waals surface area contributed by atoms with Crippen LogP contribution in [-0.2, 0) is 11.8 Å². The van der Waals surface area contributed by atoms with Crippen molar-refractivity contribution in [3.05, 3.63) is 51.8 Å². The lowest BCUT2D eigenvalue weighted by molar-refractivity contribution is 0.0988. The van der Waals surface area contributed by atoms with E-state index in [9.17, 15) is 4.79 Å². The number of para-hydroxylation sites is 1. The number of carbonyl (C=O) groups excluding carboxylic acids is 1. The van der Waals surface area contributed by atoms with Crippen molar-refractivity contribution in [1.29, 1.82) is 0 Å². The van der Waals surface area contributed by atoms with Crippen LogP contribution < -0.4 is 4.90 Å². The number of amides is 1. The number of nitrogens with zero attached hydrogens (tertiary/aromatic N) is 3. The van der Waals surface area contributed by atoms with E-state index >= 15 is 0 Å². The second-order valence-electron chi connectivity index (χ2n) is 8.31. The standard InChI is InChI=1S/C22H25N3OS/c1-13-17-14(2)23-21(22(3,4)5)24-19(17)27-18(13)20(26)25-12-8-10-15-9-6-7-11-16(15)25/h6-7,9,11H,8,10,12H2,1-5H3. The summed E-state index contributed by atoms with van der Waals surface area (Å²) in [5, 5.41) is 1.03. The quantitative estimate of drug-likeness (QED) is 0.584. The molecule has 1 aliphatic rings. The topological polar surface area (TPSA) is 46.1 Å². The summed E-state index contributed by atoms with van der Waals surface area (Å²) in [7, 11) is 0. The van der Waals surface area contributed by atoms with E-state index in [1.807, 2.05) is 30.9 Å². The van der Waals surface area contributed by atoms with E-state index in [-0.39, 0.29) is 11.3 Å². The zero-order valence-corrected chi connectivity index (χ0v) is 17.4. The first kappa shape index (κ1) is 18.1. The van der Waals surface area contributed by atoms with Crippen LogP contribution in [-0.4, -0.2) is 22.4 Å². The summed E-state index contributed by atoms with van der Waals surface area (Å²) in [5.74, 6) is 0.912. The number of anilines is 1. The molecule has 0 saturated carbocycles. The van der Waals surface area contributed by atoms with Crippen molar-refractivity contribution in [1.82, 2.24) is 9.97 Å². The Kier molecular flexibility index (Phi) is 4.30. The molecular weight excluding hydrogens is 354 g/mol. The van der Waals surface area contributed by atoms with Gasteiger partial charge >= 0.3 is 0 Å². The molecule has 3 aromatic rings.